The highest BCUT2D eigenvalue weighted by molar-refractivity contribution is 7.90. The first-order valence-electron chi connectivity index (χ1n) is 3.81. The van der Waals surface area contributed by atoms with Gasteiger partial charge >= 0.3 is 0 Å². The number of aromatic amines is 1. The number of nitrogens with one attached hydrogen (secondary N) is 1. The molecule has 4 nitrogen and oxygen atoms in total. The van der Waals surface area contributed by atoms with Crippen molar-refractivity contribution < 1.29 is 12.8 Å². The van der Waals surface area contributed by atoms with E-state index in [4.69, 9.17) is 0 Å². The average Bonchev–Trinajstić information content (AvgIpc) is 2.47. The fourth-order valence-corrected chi connectivity index (χ4v) is 1.96. The first-order chi connectivity index (χ1) is 6.48. The average molecular weight is 214 g/mol. The summed E-state index contributed by atoms with van der Waals surface area (Å²) >= 11 is 0. The summed E-state index contributed by atoms with van der Waals surface area (Å²) in [6, 6.07) is 2.34. The van der Waals surface area contributed by atoms with E-state index in [2.05, 4.69) is 9.97 Å². The van der Waals surface area contributed by atoms with E-state index in [-0.39, 0.29) is 4.90 Å². The Labute approximate surface area is 79.7 Å². The number of fused-ring (bicyclic) bond motifs is 1. The molecule has 1 aromatic carbocycles. The lowest BCUT2D eigenvalue weighted by molar-refractivity contribution is 0.572. The Morgan fingerprint density at radius 1 is 1.43 bits per heavy atom. The lowest BCUT2D eigenvalue weighted by atomic mass is 10.3. The second-order valence-corrected chi connectivity index (χ2v) is 4.96. The summed E-state index contributed by atoms with van der Waals surface area (Å²) in [6.45, 7) is 0. The standard InChI is InChI=1S/C8H7FN2O2S/c1-14(12,13)8-3-7-6(2-5(8)9)10-4-11-7/h2-4H,1H3,(H,10,11). The molecule has 2 rings (SSSR count). The molecule has 0 atom stereocenters. The highest BCUT2D eigenvalue weighted by Gasteiger charge is 2.15. The van der Waals surface area contributed by atoms with E-state index < -0.39 is 15.7 Å². The molecule has 0 aliphatic carbocycles. The molecule has 0 spiro atoms. The minimum Gasteiger partial charge on any atom is -0.345 e. The Balaban J connectivity index is 2.84. The van der Waals surface area contributed by atoms with E-state index in [0.29, 0.717) is 11.0 Å². The monoisotopic (exact) mass is 214 g/mol. The van der Waals surface area contributed by atoms with Gasteiger partial charge in [0.25, 0.3) is 0 Å². The molecule has 0 bridgehead atoms. The molecule has 1 aromatic heterocycles. The van der Waals surface area contributed by atoms with Crippen molar-refractivity contribution in [3.63, 3.8) is 0 Å². The number of benzene rings is 1. The van der Waals surface area contributed by atoms with Crippen molar-refractivity contribution in [3.8, 4) is 0 Å². The maximum Gasteiger partial charge on any atom is 0.178 e. The van der Waals surface area contributed by atoms with Gasteiger partial charge in [-0.15, -0.1) is 0 Å². The minimum absolute atomic E-state index is 0.322. The van der Waals surface area contributed by atoms with E-state index in [1.165, 1.54) is 12.4 Å². The molecule has 6 heteroatoms. The van der Waals surface area contributed by atoms with Crippen LogP contribution in [0.15, 0.2) is 23.4 Å². The van der Waals surface area contributed by atoms with Gasteiger partial charge in [0.2, 0.25) is 0 Å². The van der Waals surface area contributed by atoms with E-state index in [0.717, 1.165) is 12.3 Å². The van der Waals surface area contributed by atoms with Crippen LogP contribution in [-0.2, 0) is 9.84 Å². The second-order valence-electron chi connectivity index (χ2n) is 2.97. The Bertz CT molecular complexity index is 588. The van der Waals surface area contributed by atoms with E-state index >= 15 is 0 Å². The smallest absolute Gasteiger partial charge is 0.178 e. The summed E-state index contributed by atoms with van der Waals surface area (Å²) in [6.07, 6.45) is 2.35. The van der Waals surface area contributed by atoms with Crippen LogP contribution in [0.25, 0.3) is 11.0 Å². The fourth-order valence-electron chi connectivity index (χ4n) is 1.22. The Morgan fingerprint density at radius 3 is 2.79 bits per heavy atom. The van der Waals surface area contributed by atoms with Gasteiger partial charge in [-0.2, -0.15) is 0 Å². The minimum atomic E-state index is -3.53. The number of hydrogen-bond donors (Lipinski definition) is 1. The molecule has 1 heterocycles. The van der Waals surface area contributed by atoms with Crippen molar-refractivity contribution in [1.29, 1.82) is 0 Å². The molecule has 74 valence electrons. The summed E-state index contributed by atoms with van der Waals surface area (Å²) < 4.78 is 35.5. The van der Waals surface area contributed by atoms with Crippen LogP contribution in [0.1, 0.15) is 0 Å². The van der Waals surface area contributed by atoms with Crippen molar-refractivity contribution in [2.45, 2.75) is 4.90 Å². The zero-order chi connectivity index (χ0) is 10.3. The lowest BCUT2D eigenvalue weighted by Gasteiger charge is -1.99. The van der Waals surface area contributed by atoms with Gasteiger partial charge in [-0.05, 0) is 6.07 Å². The zero-order valence-corrected chi connectivity index (χ0v) is 8.10. The topological polar surface area (TPSA) is 62.8 Å². The molecule has 1 N–H and O–H groups in total. The Morgan fingerprint density at radius 2 is 2.14 bits per heavy atom. The third-order valence-electron chi connectivity index (χ3n) is 1.87. The van der Waals surface area contributed by atoms with Crippen LogP contribution in [-0.4, -0.2) is 24.6 Å². The molecule has 2 aromatic rings. The molecule has 0 saturated carbocycles. The molecule has 0 unspecified atom stereocenters. The third kappa shape index (κ3) is 1.37. The molecule has 0 aliphatic rings. The molecular weight excluding hydrogens is 207 g/mol. The number of rotatable bonds is 1. The second kappa shape index (κ2) is 2.78. The van der Waals surface area contributed by atoms with Gasteiger partial charge in [0.1, 0.15) is 10.7 Å². The van der Waals surface area contributed by atoms with Crippen molar-refractivity contribution in [2.24, 2.45) is 0 Å². The normalized spacial score (nSPS) is 12.1. The summed E-state index contributed by atoms with van der Waals surface area (Å²) in [4.78, 5) is 6.22. The number of halogens is 1. The predicted molar refractivity (Wildman–Crippen MR) is 49.2 cm³/mol. The summed E-state index contributed by atoms with van der Waals surface area (Å²) in [7, 11) is -3.53. The lowest BCUT2D eigenvalue weighted by Crippen LogP contribution is -2.00. The van der Waals surface area contributed by atoms with Crippen molar-refractivity contribution >= 4 is 20.9 Å². The van der Waals surface area contributed by atoms with Crippen LogP contribution >= 0.6 is 0 Å². The number of hydrogen-bond acceptors (Lipinski definition) is 3. The number of H-pyrrole nitrogens is 1. The van der Waals surface area contributed by atoms with Crippen LogP contribution in [0.5, 0.6) is 0 Å². The van der Waals surface area contributed by atoms with Crippen LogP contribution in [0.3, 0.4) is 0 Å². The molecule has 0 fully saturated rings. The largest absolute Gasteiger partial charge is 0.345 e. The van der Waals surface area contributed by atoms with E-state index in [9.17, 15) is 12.8 Å². The summed E-state index contributed by atoms with van der Waals surface area (Å²) in [5, 5.41) is 0. The highest BCUT2D eigenvalue weighted by Crippen LogP contribution is 2.19. The zero-order valence-electron chi connectivity index (χ0n) is 7.28. The van der Waals surface area contributed by atoms with Crippen LogP contribution < -0.4 is 0 Å². The number of sulfone groups is 1. The van der Waals surface area contributed by atoms with Gasteiger partial charge in [0.15, 0.2) is 9.84 Å². The molecule has 0 radical (unpaired) electrons. The number of nitrogens with zero attached hydrogens (tertiary/aromatic N) is 1. The Kier molecular flexibility index (Phi) is 1.81. The van der Waals surface area contributed by atoms with Crippen molar-refractivity contribution in [3.05, 3.63) is 24.3 Å². The number of imidazole rings is 1. The van der Waals surface area contributed by atoms with Gasteiger partial charge in [0, 0.05) is 12.3 Å². The molecular formula is C8H7FN2O2S. The molecule has 0 aliphatic heterocycles. The van der Waals surface area contributed by atoms with Crippen LogP contribution in [0, 0.1) is 5.82 Å². The van der Waals surface area contributed by atoms with Crippen molar-refractivity contribution in [2.75, 3.05) is 6.26 Å². The van der Waals surface area contributed by atoms with E-state index in [1.54, 1.807) is 0 Å². The van der Waals surface area contributed by atoms with Crippen LogP contribution in [0.2, 0.25) is 0 Å². The SMILES string of the molecule is CS(=O)(=O)c1cc2nc[nH]c2cc1F. The first-order valence-corrected chi connectivity index (χ1v) is 5.70. The molecule has 0 saturated heterocycles. The van der Waals surface area contributed by atoms with E-state index in [1.807, 2.05) is 0 Å². The van der Waals surface area contributed by atoms with Crippen molar-refractivity contribution in [1.82, 2.24) is 9.97 Å². The summed E-state index contributed by atoms with van der Waals surface area (Å²) in [5.41, 5.74) is 0.918. The maximum absolute atomic E-state index is 13.3. The third-order valence-corrected chi connectivity index (χ3v) is 2.99. The van der Waals surface area contributed by atoms with Crippen LogP contribution in [0.4, 0.5) is 4.39 Å². The maximum atomic E-state index is 13.3. The quantitative estimate of drug-likeness (QED) is 0.773. The number of aromatic nitrogens is 2. The molecule has 0 amide bonds. The van der Waals surface area contributed by atoms with Gasteiger partial charge < -0.3 is 4.98 Å². The highest BCUT2D eigenvalue weighted by atomic mass is 32.2. The Hall–Kier alpha value is -1.43. The van der Waals surface area contributed by atoms with Gasteiger partial charge in [-0.1, -0.05) is 0 Å². The van der Waals surface area contributed by atoms with Gasteiger partial charge in [-0.3, -0.25) is 0 Å². The first kappa shape index (κ1) is 9.14. The summed E-state index contributed by atoms with van der Waals surface area (Å²) in [5.74, 6) is -0.760. The van der Waals surface area contributed by atoms with Gasteiger partial charge in [-0.25, -0.2) is 17.8 Å². The van der Waals surface area contributed by atoms with Gasteiger partial charge in [0.05, 0.1) is 17.4 Å². The molecule has 14 heavy (non-hydrogen) atoms. The fraction of sp³-hybridized carbons (Fsp3) is 0.125. The predicted octanol–water partition coefficient (Wildman–Crippen LogP) is 1.11.